The Kier molecular flexibility index (Phi) is 6.58. The first-order chi connectivity index (χ1) is 9.92. The van der Waals surface area contributed by atoms with E-state index in [1.165, 1.54) is 0 Å². The summed E-state index contributed by atoms with van der Waals surface area (Å²) in [5, 5.41) is 15.8. The van der Waals surface area contributed by atoms with E-state index in [-0.39, 0.29) is 24.9 Å². The quantitative estimate of drug-likeness (QED) is 0.741. The SMILES string of the molecule is CCC(C)NC(=O)CCNC(=O)Nc1cc(C)c(C)nn1. The molecule has 0 radical (unpaired) electrons. The number of rotatable bonds is 6. The molecule has 0 aliphatic rings. The predicted octanol–water partition coefficient (Wildman–Crippen LogP) is 1.52. The number of carbonyl (C=O) groups is 2. The van der Waals surface area contributed by atoms with E-state index in [0.717, 1.165) is 17.7 Å². The highest BCUT2D eigenvalue weighted by molar-refractivity contribution is 5.88. The molecule has 1 rings (SSSR count). The van der Waals surface area contributed by atoms with Gasteiger partial charge in [0.25, 0.3) is 0 Å². The largest absolute Gasteiger partial charge is 0.354 e. The fraction of sp³-hybridized carbons (Fsp3) is 0.571. The number of hydrogen-bond donors (Lipinski definition) is 3. The zero-order valence-corrected chi connectivity index (χ0v) is 13.0. The van der Waals surface area contributed by atoms with Gasteiger partial charge in [0.1, 0.15) is 0 Å². The van der Waals surface area contributed by atoms with Crippen molar-refractivity contribution in [3.8, 4) is 0 Å². The summed E-state index contributed by atoms with van der Waals surface area (Å²) >= 11 is 0. The highest BCUT2D eigenvalue weighted by Gasteiger charge is 2.07. The van der Waals surface area contributed by atoms with Crippen molar-refractivity contribution in [1.82, 2.24) is 20.8 Å². The van der Waals surface area contributed by atoms with Crippen LogP contribution in [0.5, 0.6) is 0 Å². The van der Waals surface area contributed by atoms with E-state index in [2.05, 4.69) is 26.1 Å². The maximum absolute atomic E-state index is 11.6. The van der Waals surface area contributed by atoms with Crippen LogP contribution in [-0.4, -0.2) is 34.7 Å². The van der Waals surface area contributed by atoms with Crippen molar-refractivity contribution < 1.29 is 9.59 Å². The lowest BCUT2D eigenvalue weighted by Gasteiger charge is -2.11. The monoisotopic (exact) mass is 293 g/mol. The summed E-state index contributed by atoms with van der Waals surface area (Å²) in [4.78, 5) is 23.2. The van der Waals surface area contributed by atoms with Gasteiger partial charge in [-0.25, -0.2) is 4.79 Å². The molecule has 0 spiro atoms. The lowest BCUT2D eigenvalue weighted by molar-refractivity contribution is -0.121. The minimum Gasteiger partial charge on any atom is -0.354 e. The van der Waals surface area contributed by atoms with Gasteiger partial charge in [0, 0.05) is 19.0 Å². The highest BCUT2D eigenvalue weighted by Crippen LogP contribution is 2.07. The molecule has 3 amide bonds. The second kappa shape index (κ2) is 8.18. The van der Waals surface area contributed by atoms with Gasteiger partial charge in [-0.1, -0.05) is 6.92 Å². The first-order valence-corrected chi connectivity index (χ1v) is 7.07. The molecule has 1 heterocycles. The van der Waals surface area contributed by atoms with Crippen LogP contribution < -0.4 is 16.0 Å². The fourth-order valence-corrected chi connectivity index (χ4v) is 1.51. The van der Waals surface area contributed by atoms with E-state index in [0.29, 0.717) is 5.82 Å². The average Bonchev–Trinajstić information content (AvgIpc) is 2.42. The molecule has 0 bridgehead atoms. The van der Waals surface area contributed by atoms with Crippen molar-refractivity contribution >= 4 is 17.8 Å². The molecular weight excluding hydrogens is 270 g/mol. The number of amides is 3. The minimum absolute atomic E-state index is 0.0735. The molecule has 1 aromatic rings. The van der Waals surface area contributed by atoms with Crippen molar-refractivity contribution in [1.29, 1.82) is 0 Å². The van der Waals surface area contributed by atoms with Crippen LogP contribution in [-0.2, 0) is 4.79 Å². The van der Waals surface area contributed by atoms with Crippen molar-refractivity contribution in [2.45, 2.75) is 46.6 Å². The summed E-state index contributed by atoms with van der Waals surface area (Å²) < 4.78 is 0. The average molecular weight is 293 g/mol. The highest BCUT2D eigenvalue weighted by atomic mass is 16.2. The summed E-state index contributed by atoms with van der Waals surface area (Å²) in [5.41, 5.74) is 1.77. The molecule has 0 aliphatic carbocycles. The van der Waals surface area contributed by atoms with E-state index < -0.39 is 6.03 Å². The van der Waals surface area contributed by atoms with Crippen LogP contribution in [0.1, 0.15) is 37.9 Å². The van der Waals surface area contributed by atoms with E-state index in [1.807, 2.05) is 27.7 Å². The van der Waals surface area contributed by atoms with Crippen LogP contribution in [0.4, 0.5) is 10.6 Å². The first-order valence-electron chi connectivity index (χ1n) is 7.07. The van der Waals surface area contributed by atoms with Crippen LogP contribution in [0.15, 0.2) is 6.07 Å². The zero-order valence-electron chi connectivity index (χ0n) is 13.0. The van der Waals surface area contributed by atoms with E-state index in [4.69, 9.17) is 0 Å². The number of hydrogen-bond acceptors (Lipinski definition) is 4. The minimum atomic E-state index is -0.399. The molecule has 0 saturated heterocycles. The van der Waals surface area contributed by atoms with Gasteiger partial charge in [-0.3, -0.25) is 10.1 Å². The zero-order chi connectivity index (χ0) is 15.8. The Morgan fingerprint density at radius 2 is 2.00 bits per heavy atom. The Labute approximate surface area is 124 Å². The van der Waals surface area contributed by atoms with E-state index in [9.17, 15) is 9.59 Å². The maximum atomic E-state index is 11.6. The number of urea groups is 1. The van der Waals surface area contributed by atoms with Gasteiger partial charge in [-0.2, -0.15) is 5.10 Å². The number of nitrogens with zero attached hydrogens (tertiary/aromatic N) is 2. The number of aromatic nitrogens is 2. The van der Waals surface area contributed by atoms with Gasteiger partial charge in [0.2, 0.25) is 5.91 Å². The second-order valence-electron chi connectivity index (χ2n) is 5.01. The first kappa shape index (κ1) is 16.9. The van der Waals surface area contributed by atoms with Gasteiger partial charge < -0.3 is 10.6 Å². The Hall–Kier alpha value is -2.18. The Morgan fingerprint density at radius 3 is 2.62 bits per heavy atom. The third-order valence-corrected chi connectivity index (χ3v) is 3.13. The van der Waals surface area contributed by atoms with E-state index >= 15 is 0 Å². The predicted molar refractivity (Wildman–Crippen MR) is 81.0 cm³/mol. The smallest absolute Gasteiger partial charge is 0.320 e. The maximum Gasteiger partial charge on any atom is 0.320 e. The molecule has 3 N–H and O–H groups in total. The van der Waals surface area contributed by atoms with Crippen LogP contribution >= 0.6 is 0 Å². The van der Waals surface area contributed by atoms with E-state index in [1.54, 1.807) is 6.07 Å². The summed E-state index contributed by atoms with van der Waals surface area (Å²) in [6.45, 7) is 7.96. The molecule has 0 aliphatic heterocycles. The third-order valence-electron chi connectivity index (χ3n) is 3.13. The van der Waals surface area contributed by atoms with Gasteiger partial charge in [0.15, 0.2) is 5.82 Å². The molecule has 0 aromatic carbocycles. The van der Waals surface area contributed by atoms with Crippen LogP contribution in [0.25, 0.3) is 0 Å². The molecule has 1 aromatic heterocycles. The van der Waals surface area contributed by atoms with Gasteiger partial charge in [0.05, 0.1) is 5.69 Å². The third kappa shape index (κ3) is 6.20. The number of aryl methyl sites for hydroxylation is 2. The van der Waals surface area contributed by atoms with Crippen LogP contribution in [0.2, 0.25) is 0 Å². The Bertz CT molecular complexity index is 504. The van der Waals surface area contributed by atoms with Crippen molar-refractivity contribution in [3.63, 3.8) is 0 Å². The fourth-order valence-electron chi connectivity index (χ4n) is 1.51. The lowest BCUT2D eigenvalue weighted by atomic mass is 10.2. The molecule has 0 fully saturated rings. The Balaban J connectivity index is 2.31. The summed E-state index contributed by atoms with van der Waals surface area (Å²) in [6.07, 6.45) is 1.13. The lowest BCUT2D eigenvalue weighted by Crippen LogP contribution is -2.36. The second-order valence-corrected chi connectivity index (χ2v) is 5.01. The summed E-state index contributed by atoms with van der Waals surface area (Å²) in [5.74, 6) is 0.315. The topological polar surface area (TPSA) is 96.0 Å². The van der Waals surface area contributed by atoms with Crippen molar-refractivity contribution in [2.75, 3.05) is 11.9 Å². The normalized spacial score (nSPS) is 11.6. The van der Waals surface area contributed by atoms with Crippen molar-refractivity contribution in [2.24, 2.45) is 0 Å². The number of nitrogens with one attached hydrogen (secondary N) is 3. The molecule has 1 atom stereocenters. The van der Waals surface area contributed by atoms with Crippen LogP contribution in [0, 0.1) is 13.8 Å². The number of anilines is 1. The molecule has 116 valence electrons. The van der Waals surface area contributed by atoms with Gasteiger partial charge in [-0.05, 0) is 38.8 Å². The van der Waals surface area contributed by atoms with Gasteiger partial charge >= 0.3 is 6.03 Å². The molecule has 21 heavy (non-hydrogen) atoms. The molecule has 7 nitrogen and oxygen atoms in total. The molecule has 0 saturated carbocycles. The number of carbonyl (C=O) groups excluding carboxylic acids is 2. The van der Waals surface area contributed by atoms with Crippen molar-refractivity contribution in [3.05, 3.63) is 17.3 Å². The standard InChI is InChI=1S/C14H23N5O2/c1-5-10(3)16-13(20)6-7-15-14(21)17-12-8-9(2)11(4)18-19-12/h8,10H,5-7H2,1-4H3,(H,16,20)(H2,15,17,19,21). The molecule has 1 unspecified atom stereocenters. The van der Waals surface area contributed by atoms with Crippen LogP contribution in [0.3, 0.4) is 0 Å². The Morgan fingerprint density at radius 1 is 1.29 bits per heavy atom. The molecular formula is C14H23N5O2. The van der Waals surface area contributed by atoms with Gasteiger partial charge in [-0.15, -0.1) is 5.10 Å². The summed E-state index contributed by atoms with van der Waals surface area (Å²) in [7, 11) is 0. The molecule has 7 heteroatoms. The summed E-state index contributed by atoms with van der Waals surface area (Å²) in [6, 6.07) is 1.50.